The van der Waals surface area contributed by atoms with Crippen molar-refractivity contribution in [3.05, 3.63) is 65.2 Å². The van der Waals surface area contributed by atoms with Gasteiger partial charge in [0.05, 0.1) is 11.4 Å². The van der Waals surface area contributed by atoms with Crippen LogP contribution >= 0.6 is 11.8 Å². The highest BCUT2D eigenvalue weighted by Crippen LogP contribution is 2.31. The number of imide groups is 1. The first kappa shape index (κ1) is 16.3. The van der Waals surface area contributed by atoms with Crippen LogP contribution in [-0.2, 0) is 4.79 Å². The molecule has 3 amide bonds. The van der Waals surface area contributed by atoms with Crippen molar-refractivity contribution in [2.24, 2.45) is 0 Å². The summed E-state index contributed by atoms with van der Waals surface area (Å²) in [6.07, 6.45) is 3.41. The Bertz CT molecular complexity index is 841. The number of aryl methyl sites for hydroxylation is 2. The number of nitrogens with zero attached hydrogens (tertiary/aromatic N) is 2. The molecular weight excluding hydrogens is 320 g/mol. The molecule has 1 radical (unpaired) electrons. The van der Waals surface area contributed by atoms with Crippen molar-refractivity contribution in [1.29, 1.82) is 0 Å². The Morgan fingerprint density at radius 2 is 1.67 bits per heavy atom. The molecule has 1 heterocycles. The van der Waals surface area contributed by atoms with E-state index in [4.69, 9.17) is 0 Å². The molecule has 24 heavy (non-hydrogen) atoms. The molecule has 0 unspecified atom stereocenters. The van der Waals surface area contributed by atoms with Crippen LogP contribution in [0.3, 0.4) is 0 Å². The van der Waals surface area contributed by atoms with Gasteiger partial charge in [-0.1, -0.05) is 18.2 Å². The van der Waals surface area contributed by atoms with Crippen molar-refractivity contribution in [2.45, 2.75) is 18.7 Å². The maximum absolute atomic E-state index is 12.4. The molecule has 5 heteroatoms. The Morgan fingerprint density at radius 3 is 2.29 bits per heavy atom. The lowest BCUT2D eigenvalue weighted by Crippen LogP contribution is -2.41. The molecule has 0 bridgehead atoms. The van der Waals surface area contributed by atoms with Gasteiger partial charge in [-0.05, 0) is 61.1 Å². The fourth-order valence-corrected chi connectivity index (χ4v) is 2.96. The number of hydrogen-bond donors (Lipinski definition) is 0. The number of benzene rings is 2. The molecule has 0 atom stereocenters. The lowest BCUT2D eigenvalue weighted by molar-refractivity contribution is -0.115. The number of hydrogen-bond acceptors (Lipinski definition) is 3. The van der Waals surface area contributed by atoms with Gasteiger partial charge in [0.25, 0.3) is 5.91 Å². The van der Waals surface area contributed by atoms with Gasteiger partial charge in [-0.25, -0.2) is 4.79 Å². The first-order valence-electron chi connectivity index (χ1n) is 7.53. The van der Waals surface area contributed by atoms with Crippen LogP contribution in [0.5, 0.6) is 0 Å². The second kappa shape index (κ2) is 6.53. The van der Waals surface area contributed by atoms with Gasteiger partial charge >= 0.3 is 6.03 Å². The fraction of sp³-hybridized carbons (Fsp3) is 0.158. The minimum atomic E-state index is -0.560. The highest BCUT2D eigenvalue weighted by molar-refractivity contribution is 7.98. The second-order valence-corrected chi connectivity index (χ2v) is 6.47. The van der Waals surface area contributed by atoms with Crippen LogP contribution in [-0.4, -0.2) is 18.2 Å². The molecule has 121 valence electrons. The van der Waals surface area contributed by atoms with Crippen molar-refractivity contribution >= 4 is 35.1 Å². The van der Waals surface area contributed by atoms with Crippen LogP contribution in [0.4, 0.5) is 10.5 Å². The second-order valence-electron chi connectivity index (χ2n) is 5.59. The number of anilines is 1. The fourth-order valence-electron chi connectivity index (χ4n) is 2.55. The van der Waals surface area contributed by atoms with Crippen molar-refractivity contribution in [3.8, 4) is 0 Å². The van der Waals surface area contributed by atoms with Gasteiger partial charge in [-0.15, -0.1) is 11.8 Å². The van der Waals surface area contributed by atoms with E-state index in [-0.39, 0.29) is 0 Å². The normalized spacial score (nSPS) is 14.5. The molecule has 4 nitrogen and oxygen atoms in total. The van der Waals surface area contributed by atoms with Crippen LogP contribution in [0.25, 0.3) is 5.70 Å². The Hall–Kier alpha value is -2.53. The first-order valence-corrected chi connectivity index (χ1v) is 8.75. The van der Waals surface area contributed by atoms with Gasteiger partial charge in [-0.3, -0.25) is 9.69 Å². The number of carbonyl (C=O) groups is 2. The topological polar surface area (TPSA) is 51.5 Å². The Morgan fingerprint density at radius 1 is 0.958 bits per heavy atom. The van der Waals surface area contributed by atoms with E-state index < -0.39 is 11.9 Å². The molecule has 0 N–H and O–H groups in total. The Balaban J connectivity index is 2.09. The summed E-state index contributed by atoms with van der Waals surface area (Å²) >= 11 is 1.64. The van der Waals surface area contributed by atoms with E-state index >= 15 is 0 Å². The van der Waals surface area contributed by atoms with E-state index in [1.807, 2.05) is 62.6 Å². The van der Waals surface area contributed by atoms with Gasteiger partial charge in [0.2, 0.25) is 0 Å². The van der Waals surface area contributed by atoms with Crippen LogP contribution in [0.2, 0.25) is 0 Å². The average Bonchev–Trinajstić information content (AvgIpc) is 2.57. The lowest BCUT2D eigenvalue weighted by Gasteiger charge is -2.28. The SMILES string of the molecule is CSc1ccc(C2=CC(=O)[N]C(=O)N2c2ccc(C)c(C)c2)cc1. The summed E-state index contributed by atoms with van der Waals surface area (Å²) in [5.74, 6) is -0.524. The first-order chi connectivity index (χ1) is 11.5. The molecule has 1 aliphatic heterocycles. The molecule has 0 saturated carbocycles. The molecule has 1 aliphatic rings. The van der Waals surface area contributed by atoms with Gasteiger partial charge in [0.15, 0.2) is 0 Å². The minimum Gasteiger partial charge on any atom is -0.267 e. The van der Waals surface area contributed by atoms with Crippen LogP contribution in [0.15, 0.2) is 53.4 Å². The summed E-state index contributed by atoms with van der Waals surface area (Å²) in [5.41, 5.74) is 4.29. The van der Waals surface area contributed by atoms with Crippen molar-refractivity contribution in [3.63, 3.8) is 0 Å². The molecule has 0 spiro atoms. The summed E-state index contributed by atoms with van der Waals surface area (Å²) in [5, 5.41) is 3.57. The van der Waals surface area contributed by atoms with Crippen LogP contribution in [0.1, 0.15) is 16.7 Å². The molecule has 2 aromatic carbocycles. The van der Waals surface area contributed by atoms with E-state index in [0.717, 1.165) is 21.6 Å². The average molecular weight is 337 g/mol. The van der Waals surface area contributed by atoms with Gasteiger partial charge in [-0.2, -0.15) is 5.32 Å². The van der Waals surface area contributed by atoms with E-state index in [9.17, 15) is 9.59 Å². The summed E-state index contributed by atoms with van der Waals surface area (Å²) in [6, 6.07) is 13.0. The van der Waals surface area contributed by atoms with Crippen LogP contribution < -0.4 is 10.2 Å². The third-order valence-electron chi connectivity index (χ3n) is 4.03. The number of amides is 3. The van der Waals surface area contributed by atoms with E-state index in [0.29, 0.717) is 11.4 Å². The maximum atomic E-state index is 12.4. The minimum absolute atomic E-state index is 0.524. The van der Waals surface area contributed by atoms with Gasteiger partial charge in [0.1, 0.15) is 0 Å². The predicted octanol–water partition coefficient (Wildman–Crippen LogP) is 4.14. The molecule has 3 rings (SSSR count). The summed E-state index contributed by atoms with van der Waals surface area (Å²) in [7, 11) is 0. The Labute approximate surface area is 145 Å². The number of urea groups is 1. The molecule has 0 saturated heterocycles. The maximum Gasteiger partial charge on any atom is 0.356 e. The van der Waals surface area contributed by atoms with E-state index in [1.54, 1.807) is 11.8 Å². The van der Waals surface area contributed by atoms with Gasteiger partial charge < -0.3 is 0 Å². The highest BCUT2D eigenvalue weighted by atomic mass is 32.2. The van der Waals surface area contributed by atoms with Crippen LogP contribution in [0, 0.1) is 13.8 Å². The quantitative estimate of drug-likeness (QED) is 0.791. The summed E-state index contributed by atoms with van der Waals surface area (Å²) < 4.78 is 0. The molecule has 0 aromatic heterocycles. The zero-order valence-electron chi connectivity index (χ0n) is 13.7. The monoisotopic (exact) mass is 337 g/mol. The van der Waals surface area contributed by atoms with Crippen molar-refractivity contribution in [1.82, 2.24) is 5.32 Å². The standard InChI is InChI=1S/C19H17N2O2S/c1-12-4-7-15(10-13(12)2)21-17(11-18(22)20-19(21)23)14-5-8-16(24-3)9-6-14/h4-11H,1-3H3. The molecule has 0 fully saturated rings. The van der Waals surface area contributed by atoms with E-state index in [2.05, 4.69) is 5.32 Å². The van der Waals surface area contributed by atoms with E-state index in [1.165, 1.54) is 11.0 Å². The van der Waals surface area contributed by atoms with Crippen molar-refractivity contribution in [2.75, 3.05) is 11.2 Å². The zero-order chi connectivity index (χ0) is 17.3. The summed E-state index contributed by atoms with van der Waals surface area (Å²) in [4.78, 5) is 26.8. The summed E-state index contributed by atoms with van der Waals surface area (Å²) in [6.45, 7) is 4.01. The third kappa shape index (κ3) is 3.08. The van der Waals surface area contributed by atoms with Gasteiger partial charge in [0, 0.05) is 11.0 Å². The highest BCUT2D eigenvalue weighted by Gasteiger charge is 2.29. The van der Waals surface area contributed by atoms with Crippen molar-refractivity contribution < 1.29 is 9.59 Å². The smallest absolute Gasteiger partial charge is 0.267 e. The predicted molar refractivity (Wildman–Crippen MR) is 97.1 cm³/mol. The third-order valence-corrected chi connectivity index (χ3v) is 4.78. The molecule has 2 aromatic rings. The lowest BCUT2D eigenvalue weighted by atomic mass is 10.1. The number of rotatable bonds is 3. The zero-order valence-corrected chi connectivity index (χ0v) is 14.6. The number of thioether (sulfide) groups is 1. The molecule has 0 aliphatic carbocycles. The molecular formula is C19H17N2O2S. The number of carbonyl (C=O) groups excluding carboxylic acids is 2. The Kier molecular flexibility index (Phi) is 4.44. The largest absolute Gasteiger partial charge is 0.356 e.